The molecule has 0 fully saturated rings. The molecule has 3 N–H and O–H groups in total. The van der Waals surface area contributed by atoms with E-state index in [1.807, 2.05) is 13.0 Å². The van der Waals surface area contributed by atoms with Crippen LogP contribution in [0.5, 0.6) is 5.75 Å². The molecule has 0 amide bonds. The quantitative estimate of drug-likeness (QED) is 0.727. The van der Waals surface area contributed by atoms with Crippen LogP contribution in [0.3, 0.4) is 0 Å². The molecule has 2 aromatic rings. The number of aromatic amines is 1. The summed E-state index contributed by atoms with van der Waals surface area (Å²) in [6, 6.07) is 5.06. The molecule has 0 aliphatic heterocycles. The van der Waals surface area contributed by atoms with Gasteiger partial charge in [0.05, 0.1) is 5.75 Å². The van der Waals surface area contributed by atoms with Crippen LogP contribution in [0.25, 0.3) is 11.4 Å². The summed E-state index contributed by atoms with van der Waals surface area (Å²) in [7, 11) is 0. The second kappa shape index (κ2) is 5.09. The van der Waals surface area contributed by atoms with Crippen LogP contribution in [0.4, 0.5) is 0 Å². The van der Waals surface area contributed by atoms with Gasteiger partial charge in [0.25, 0.3) is 0 Å². The molecule has 0 unspecified atom stereocenters. The number of benzene rings is 1. The van der Waals surface area contributed by atoms with Gasteiger partial charge in [-0.05, 0) is 30.7 Å². The van der Waals surface area contributed by atoms with Crippen LogP contribution in [0.2, 0.25) is 0 Å². The number of aromatic nitrogens is 3. The average molecular weight is 265 g/mol. The van der Waals surface area contributed by atoms with Gasteiger partial charge in [-0.25, -0.2) is 0 Å². The van der Waals surface area contributed by atoms with E-state index in [9.17, 15) is 9.90 Å². The van der Waals surface area contributed by atoms with Gasteiger partial charge < -0.3 is 15.2 Å². The topological polar surface area (TPSA) is 99.1 Å². The number of rotatable bonds is 4. The Kier molecular flexibility index (Phi) is 3.52. The van der Waals surface area contributed by atoms with Crippen molar-refractivity contribution in [1.82, 2.24) is 15.2 Å². The van der Waals surface area contributed by atoms with Crippen molar-refractivity contribution < 1.29 is 15.0 Å². The molecule has 0 radical (unpaired) electrons. The van der Waals surface area contributed by atoms with Crippen molar-refractivity contribution in [2.45, 2.75) is 12.1 Å². The summed E-state index contributed by atoms with van der Waals surface area (Å²) in [6.45, 7) is 1.86. The van der Waals surface area contributed by atoms with E-state index < -0.39 is 5.97 Å². The van der Waals surface area contributed by atoms with E-state index in [-0.39, 0.29) is 11.5 Å². The predicted octanol–water partition coefficient (Wildman–Crippen LogP) is 1.66. The van der Waals surface area contributed by atoms with E-state index in [0.717, 1.165) is 17.3 Å². The third kappa shape index (κ3) is 3.01. The number of hydrogen-bond acceptors (Lipinski definition) is 5. The first-order valence-corrected chi connectivity index (χ1v) is 6.11. The largest absolute Gasteiger partial charge is 0.508 e. The minimum Gasteiger partial charge on any atom is -0.508 e. The number of thioether (sulfide) groups is 1. The van der Waals surface area contributed by atoms with Gasteiger partial charge in [-0.2, -0.15) is 0 Å². The van der Waals surface area contributed by atoms with Gasteiger partial charge in [0.15, 0.2) is 11.0 Å². The summed E-state index contributed by atoms with van der Waals surface area (Å²) in [4.78, 5) is 13.3. The number of phenolic OH excluding ortho intramolecular Hbond substituents is 1. The Morgan fingerprint density at radius 2 is 2.17 bits per heavy atom. The predicted molar refractivity (Wildman–Crippen MR) is 66.6 cm³/mol. The molecule has 0 aliphatic rings. The van der Waals surface area contributed by atoms with E-state index >= 15 is 0 Å². The van der Waals surface area contributed by atoms with Gasteiger partial charge in [0.1, 0.15) is 5.75 Å². The van der Waals surface area contributed by atoms with E-state index in [2.05, 4.69) is 15.2 Å². The number of carbonyl (C=O) groups is 1. The summed E-state index contributed by atoms with van der Waals surface area (Å²) in [5.41, 5.74) is 1.61. The Balaban J connectivity index is 2.21. The van der Waals surface area contributed by atoms with Gasteiger partial charge in [0, 0.05) is 5.56 Å². The Labute approximate surface area is 107 Å². The van der Waals surface area contributed by atoms with Crippen molar-refractivity contribution in [3.05, 3.63) is 23.8 Å². The molecule has 1 heterocycles. The Morgan fingerprint density at radius 1 is 1.39 bits per heavy atom. The molecular formula is C11H11N3O3S. The Bertz CT molecular complexity index is 562. The Morgan fingerprint density at radius 3 is 2.83 bits per heavy atom. The molecule has 7 heteroatoms. The first-order chi connectivity index (χ1) is 8.54. The average Bonchev–Trinajstić information content (AvgIpc) is 2.73. The smallest absolute Gasteiger partial charge is 0.313 e. The first-order valence-electron chi connectivity index (χ1n) is 5.13. The van der Waals surface area contributed by atoms with Gasteiger partial charge in [-0.15, -0.1) is 10.2 Å². The summed E-state index contributed by atoms with van der Waals surface area (Å²) in [6.07, 6.45) is 0. The molecule has 0 spiro atoms. The van der Waals surface area contributed by atoms with Gasteiger partial charge in [-0.3, -0.25) is 4.79 Å². The van der Waals surface area contributed by atoms with Gasteiger partial charge in [0.2, 0.25) is 0 Å². The fourth-order valence-electron chi connectivity index (χ4n) is 1.47. The number of nitrogens with one attached hydrogen (secondary N) is 1. The van der Waals surface area contributed by atoms with Gasteiger partial charge in [-0.1, -0.05) is 11.8 Å². The molecule has 0 saturated carbocycles. The minimum absolute atomic E-state index is 0.0757. The van der Waals surface area contributed by atoms with Crippen molar-refractivity contribution in [1.29, 1.82) is 0 Å². The molecular weight excluding hydrogens is 254 g/mol. The van der Waals surface area contributed by atoms with Crippen molar-refractivity contribution in [2.75, 3.05) is 5.75 Å². The summed E-state index contributed by atoms with van der Waals surface area (Å²) >= 11 is 1.06. The number of carboxylic acids is 1. The molecule has 0 saturated heterocycles. The monoisotopic (exact) mass is 265 g/mol. The molecule has 1 aromatic heterocycles. The third-order valence-corrected chi connectivity index (χ3v) is 2.98. The highest BCUT2D eigenvalue weighted by Crippen LogP contribution is 2.24. The van der Waals surface area contributed by atoms with Crippen LogP contribution >= 0.6 is 11.8 Å². The van der Waals surface area contributed by atoms with Crippen LogP contribution in [0.15, 0.2) is 23.4 Å². The third-order valence-electron chi connectivity index (χ3n) is 2.13. The molecule has 0 atom stereocenters. The zero-order chi connectivity index (χ0) is 13.1. The number of hydrogen-bond donors (Lipinski definition) is 3. The van der Waals surface area contributed by atoms with E-state index in [1.54, 1.807) is 12.1 Å². The van der Waals surface area contributed by atoms with Gasteiger partial charge >= 0.3 is 5.97 Å². The second-order valence-corrected chi connectivity index (χ2v) is 4.68. The lowest BCUT2D eigenvalue weighted by atomic mass is 10.1. The first kappa shape index (κ1) is 12.4. The summed E-state index contributed by atoms with van der Waals surface area (Å²) in [5, 5.41) is 26.2. The molecule has 1 aromatic carbocycles. The number of aryl methyl sites for hydroxylation is 1. The lowest BCUT2D eigenvalue weighted by molar-refractivity contribution is -0.133. The number of aliphatic carboxylic acids is 1. The zero-order valence-electron chi connectivity index (χ0n) is 9.54. The second-order valence-electron chi connectivity index (χ2n) is 3.72. The molecule has 94 valence electrons. The standard InChI is InChI=1S/C11H11N3O3S/c1-6-2-7(4-8(15)3-6)10-12-11(14-13-10)18-5-9(16)17/h2-4,15H,5H2,1H3,(H,16,17)(H,12,13,14). The summed E-state index contributed by atoms with van der Waals surface area (Å²) in [5.74, 6) is -0.331. The lowest BCUT2D eigenvalue weighted by Gasteiger charge is -2.00. The van der Waals surface area contributed by atoms with Crippen LogP contribution in [0.1, 0.15) is 5.56 Å². The highest BCUT2D eigenvalue weighted by molar-refractivity contribution is 7.99. The fourth-order valence-corrected chi connectivity index (χ4v) is 2.00. The maximum atomic E-state index is 10.4. The van der Waals surface area contributed by atoms with Crippen molar-refractivity contribution in [2.24, 2.45) is 0 Å². The molecule has 2 rings (SSSR count). The zero-order valence-corrected chi connectivity index (χ0v) is 10.4. The normalized spacial score (nSPS) is 10.5. The number of aromatic hydroxyl groups is 1. The number of phenols is 1. The van der Waals surface area contributed by atoms with E-state index in [4.69, 9.17) is 5.11 Å². The fraction of sp³-hybridized carbons (Fsp3) is 0.182. The van der Waals surface area contributed by atoms with Crippen molar-refractivity contribution in [3.8, 4) is 17.1 Å². The maximum Gasteiger partial charge on any atom is 0.313 e. The summed E-state index contributed by atoms with van der Waals surface area (Å²) < 4.78 is 0. The Hall–Kier alpha value is -2.02. The van der Waals surface area contributed by atoms with Crippen molar-refractivity contribution >= 4 is 17.7 Å². The maximum absolute atomic E-state index is 10.4. The van der Waals surface area contributed by atoms with Crippen LogP contribution in [-0.2, 0) is 4.79 Å². The molecule has 6 nitrogen and oxygen atoms in total. The van der Waals surface area contributed by atoms with Crippen LogP contribution < -0.4 is 0 Å². The minimum atomic E-state index is -0.911. The SMILES string of the molecule is Cc1cc(O)cc(-c2nnc(SCC(=O)O)[nH]2)c1. The molecule has 0 aliphatic carbocycles. The number of H-pyrrole nitrogens is 1. The highest BCUT2D eigenvalue weighted by Gasteiger charge is 2.08. The highest BCUT2D eigenvalue weighted by atomic mass is 32.2. The molecule has 0 bridgehead atoms. The number of nitrogens with zero attached hydrogens (tertiary/aromatic N) is 2. The van der Waals surface area contributed by atoms with E-state index in [1.165, 1.54) is 0 Å². The van der Waals surface area contributed by atoms with Crippen LogP contribution in [-0.4, -0.2) is 37.1 Å². The van der Waals surface area contributed by atoms with E-state index in [0.29, 0.717) is 16.5 Å². The number of carboxylic acid groups (broad SMARTS) is 1. The lowest BCUT2D eigenvalue weighted by Crippen LogP contribution is -1.97. The van der Waals surface area contributed by atoms with Crippen LogP contribution in [0, 0.1) is 6.92 Å². The van der Waals surface area contributed by atoms with Crippen molar-refractivity contribution in [3.63, 3.8) is 0 Å². The molecule has 18 heavy (non-hydrogen) atoms.